The highest BCUT2D eigenvalue weighted by molar-refractivity contribution is 7.08. The van der Waals surface area contributed by atoms with Crippen molar-refractivity contribution in [1.29, 1.82) is 0 Å². The van der Waals surface area contributed by atoms with E-state index in [2.05, 4.69) is 9.59 Å². The minimum absolute atomic E-state index is 0.0923. The van der Waals surface area contributed by atoms with Gasteiger partial charge in [0.2, 0.25) is 5.78 Å². The molecular formula is C10H4F4N2OS. The molecule has 3 nitrogen and oxygen atoms in total. The van der Waals surface area contributed by atoms with Crippen LogP contribution in [0, 0.1) is 5.82 Å². The van der Waals surface area contributed by atoms with E-state index in [9.17, 15) is 22.4 Å². The Morgan fingerprint density at radius 1 is 1.28 bits per heavy atom. The maximum Gasteiger partial charge on any atom is 0.419 e. The molecule has 0 spiro atoms. The number of halogens is 4. The Morgan fingerprint density at radius 3 is 2.56 bits per heavy atom. The number of benzene rings is 1. The fraction of sp³-hybridized carbons (Fsp3) is 0.100. The molecule has 18 heavy (non-hydrogen) atoms. The highest BCUT2D eigenvalue weighted by Crippen LogP contribution is 2.32. The summed E-state index contributed by atoms with van der Waals surface area (Å²) in [7, 11) is 0. The maximum atomic E-state index is 13.0. The first kappa shape index (κ1) is 12.6. The van der Waals surface area contributed by atoms with Gasteiger partial charge in [0, 0.05) is 5.56 Å². The summed E-state index contributed by atoms with van der Waals surface area (Å²) in [6.45, 7) is 0. The first-order chi connectivity index (χ1) is 8.39. The third kappa shape index (κ3) is 2.37. The summed E-state index contributed by atoms with van der Waals surface area (Å²) in [5.74, 6) is -2.09. The van der Waals surface area contributed by atoms with E-state index < -0.39 is 23.3 Å². The molecule has 0 bridgehead atoms. The molecule has 0 saturated carbocycles. The number of carbonyl (C=O) groups excluding carboxylic acids is 1. The molecule has 0 unspecified atom stereocenters. The Labute approximate surface area is 102 Å². The molecule has 1 heterocycles. The average Bonchev–Trinajstić information content (AvgIpc) is 2.80. The summed E-state index contributed by atoms with van der Waals surface area (Å²) in [5.41, 5.74) is -1.72. The molecule has 0 aliphatic carbocycles. The highest BCUT2D eigenvalue weighted by Gasteiger charge is 2.34. The van der Waals surface area contributed by atoms with Gasteiger partial charge in [0.05, 0.1) is 11.8 Å². The Balaban J connectivity index is 2.45. The van der Waals surface area contributed by atoms with Crippen LogP contribution in [-0.4, -0.2) is 15.4 Å². The van der Waals surface area contributed by atoms with Gasteiger partial charge in [0.15, 0.2) is 0 Å². The number of hydrogen-bond acceptors (Lipinski definition) is 4. The van der Waals surface area contributed by atoms with Crippen molar-refractivity contribution in [2.24, 2.45) is 0 Å². The largest absolute Gasteiger partial charge is 0.419 e. The van der Waals surface area contributed by atoms with Crippen LogP contribution >= 0.6 is 11.5 Å². The van der Waals surface area contributed by atoms with Crippen LogP contribution in [-0.2, 0) is 6.18 Å². The van der Waals surface area contributed by atoms with Crippen LogP contribution in [0.3, 0.4) is 0 Å². The molecule has 2 aromatic rings. The van der Waals surface area contributed by atoms with Crippen LogP contribution in [0.2, 0.25) is 0 Å². The van der Waals surface area contributed by atoms with Crippen molar-refractivity contribution < 1.29 is 22.4 Å². The van der Waals surface area contributed by atoms with E-state index in [1.165, 1.54) is 0 Å². The minimum Gasteiger partial charge on any atom is -0.288 e. The summed E-state index contributed by atoms with van der Waals surface area (Å²) in [6, 6.07) is 2.09. The van der Waals surface area contributed by atoms with Gasteiger partial charge in [-0.05, 0) is 29.7 Å². The summed E-state index contributed by atoms with van der Waals surface area (Å²) in [5, 5.41) is 3.41. The number of nitrogens with zero attached hydrogens (tertiary/aromatic N) is 2. The van der Waals surface area contributed by atoms with Crippen LogP contribution in [0.1, 0.15) is 20.8 Å². The fourth-order valence-electron chi connectivity index (χ4n) is 1.29. The van der Waals surface area contributed by atoms with Gasteiger partial charge in [0.1, 0.15) is 10.7 Å². The third-order valence-electron chi connectivity index (χ3n) is 2.12. The standard InChI is InChI=1S/C10H4F4N2OS/c11-7-2-1-5(3-6(7)10(12,13)14)9(17)8-4-15-16-18-8/h1-4H. The number of ketones is 1. The van der Waals surface area contributed by atoms with Crippen molar-refractivity contribution >= 4 is 17.3 Å². The monoisotopic (exact) mass is 276 g/mol. The number of hydrogen-bond donors (Lipinski definition) is 0. The van der Waals surface area contributed by atoms with Gasteiger partial charge in [-0.25, -0.2) is 4.39 Å². The molecule has 0 N–H and O–H groups in total. The molecule has 2 rings (SSSR count). The number of alkyl halides is 3. The van der Waals surface area contributed by atoms with Crippen molar-refractivity contribution in [3.05, 3.63) is 46.2 Å². The SMILES string of the molecule is O=C(c1ccc(F)c(C(F)(F)F)c1)c1cnns1. The summed E-state index contributed by atoms with van der Waals surface area (Å²) >= 11 is 0.758. The van der Waals surface area contributed by atoms with E-state index in [1.807, 2.05) is 0 Å². The van der Waals surface area contributed by atoms with E-state index in [1.54, 1.807) is 0 Å². The summed E-state index contributed by atoms with van der Waals surface area (Å²) in [4.78, 5) is 11.8. The minimum atomic E-state index is -4.84. The first-order valence-electron chi connectivity index (χ1n) is 4.58. The van der Waals surface area contributed by atoms with E-state index in [-0.39, 0.29) is 10.4 Å². The lowest BCUT2D eigenvalue weighted by Gasteiger charge is -2.08. The van der Waals surface area contributed by atoms with E-state index >= 15 is 0 Å². The Hall–Kier alpha value is -1.83. The predicted octanol–water partition coefficient (Wildman–Crippen LogP) is 2.93. The Morgan fingerprint density at radius 2 is 2.00 bits per heavy atom. The van der Waals surface area contributed by atoms with Crippen molar-refractivity contribution in [3.8, 4) is 0 Å². The molecule has 94 valence electrons. The van der Waals surface area contributed by atoms with Crippen LogP contribution in [0.15, 0.2) is 24.4 Å². The zero-order valence-electron chi connectivity index (χ0n) is 8.53. The summed E-state index contributed by atoms with van der Waals surface area (Å²) in [6.07, 6.45) is -3.70. The number of rotatable bonds is 2. The fourth-order valence-corrected chi connectivity index (χ4v) is 1.77. The maximum absolute atomic E-state index is 13.0. The quantitative estimate of drug-likeness (QED) is 0.625. The first-order valence-corrected chi connectivity index (χ1v) is 5.36. The molecule has 0 amide bonds. The van der Waals surface area contributed by atoms with Crippen LogP contribution in [0.4, 0.5) is 17.6 Å². The molecule has 8 heteroatoms. The second kappa shape index (κ2) is 4.45. The molecule has 0 atom stereocenters. The molecule has 0 fully saturated rings. The van der Waals surface area contributed by atoms with Crippen molar-refractivity contribution in [1.82, 2.24) is 9.59 Å². The second-order valence-electron chi connectivity index (χ2n) is 3.30. The molecule has 0 aliphatic rings. The van der Waals surface area contributed by atoms with E-state index in [0.29, 0.717) is 12.1 Å². The van der Waals surface area contributed by atoms with Gasteiger partial charge in [-0.15, -0.1) is 5.10 Å². The highest BCUT2D eigenvalue weighted by atomic mass is 32.1. The lowest BCUT2D eigenvalue weighted by atomic mass is 10.1. The lowest BCUT2D eigenvalue weighted by Crippen LogP contribution is -2.10. The normalized spacial score (nSPS) is 11.6. The van der Waals surface area contributed by atoms with Gasteiger partial charge in [-0.1, -0.05) is 4.49 Å². The second-order valence-corrected chi connectivity index (χ2v) is 4.09. The van der Waals surface area contributed by atoms with Crippen molar-refractivity contribution in [3.63, 3.8) is 0 Å². The number of aromatic nitrogens is 2. The Bertz CT molecular complexity index is 580. The van der Waals surface area contributed by atoms with E-state index in [4.69, 9.17) is 0 Å². The van der Waals surface area contributed by atoms with Gasteiger partial charge in [-0.2, -0.15) is 13.2 Å². The van der Waals surface area contributed by atoms with E-state index in [0.717, 1.165) is 23.8 Å². The molecule has 1 aromatic heterocycles. The van der Waals surface area contributed by atoms with Crippen molar-refractivity contribution in [2.45, 2.75) is 6.18 Å². The number of carbonyl (C=O) groups is 1. The topological polar surface area (TPSA) is 42.9 Å². The summed E-state index contributed by atoms with van der Waals surface area (Å²) < 4.78 is 53.8. The molecule has 0 aliphatic heterocycles. The van der Waals surface area contributed by atoms with Crippen LogP contribution in [0.5, 0.6) is 0 Å². The predicted molar refractivity (Wildman–Crippen MR) is 54.7 cm³/mol. The molecule has 1 aromatic carbocycles. The molecule has 0 radical (unpaired) electrons. The molecule has 0 saturated heterocycles. The van der Waals surface area contributed by atoms with Crippen molar-refractivity contribution in [2.75, 3.05) is 0 Å². The van der Waals surface area contributed by atoms with Crippen LogP contribution < -0.4 is 0 Å². The third-order valence-corrected chi connectivity index (χ3v) is 2.78. The smallest absolute Gasteiger partial charge is 0.288 e. The molecular weight excluding hydrogens is 272 g/mol. The Kier molecular flexibility index (Phi) is 3.12. The average molecular weight is 276 g/mol. The van der Waals surface area contributed by atoms with Gasteiger partial charge >= 0.3 is 6.18 Å². The zero-order valence-corrected chi connectivity index (χ0v) is 9.35. The lowest BCUT2D eigenvalue weighted by molar-refractivity contribution is -0.140. The van der Waals surface area contributed by atoms with Gasteiger partial charge < -0.3 is 0 Å². The van der Waals surface area contributed by atoms with Gasteiger partial charge in [0.25, 0.3) is 0 Å². The van der Waals surface area contributed by atoms with Crippen LogP contribution in [0.25, 0.3) is 0 Å². The zero-order chi connectivity index (χ0) is 13.3. The van der Waals surface area contributed by atoms with Gasteiger partial charge in [-0.3, -0.25) is 4.79 Å².